The van der Waals surface area contributed by atoms with Gasteiger partial charge in [0.1, 0.15) is 0 Å². The van der Waals surface area contributed by atoms with Crippen LogP contribution in [0, 0.1) is 0 Å². The van der Waals surface area contributed by atoms with E-state index in [-0.39, 0.29) is 0 Å². The summed E-state index contributed by atoms with van der Waals surface area (Å²) in [6.07, 6.45) is 0. The number of thiophene rings is 1. The van der Waals surface area contributed by atoms with E-state index < -0.39 is 5.41 Å². The van der Waals surface area contributed by atoms with Gasteiger partial charge >= 0.3 is 0 Å². The summed E-state index contributed by atoms with van der Waals surface area (Å²) in [7, 11) is 0. The van der Waals surface area contributed by atoms with Crippen molar-refractivity contribution < 1.29 is 0 Å². The van der Waals surface area contributed by atoms with Crippen molar-refractivity contribution >= 4 is 31.5 Å². The van der Waals surface area contributed by atoms with E-state index in [1.165, 1.54) is 59.1 Å². The molecule has 0 N–H and O–H groups in total. The van der Waals surface area contributed by atoms with Crippen LogP contribution < -0.4 is 0 Å². The average molecular weight is 884 g/mol. The van der Waals surface area contributed by atoms with E-state index >= 15 is 0 Å². The SMILES string of the molecule is c1ccc(-c2ccccc2-c2nc(-c3cccc(-c4ccc(-c5cccc6c5sc5ccccc56)cc4)c3)nc(-c3cccc4c3-c3ccccc3C4(c3ccccc3)c3ccccc3)n2)cc1. The van der Waals surface area contributed by atoms with Crippen molar-refractivity contribution in [1.82, 2.24) is 15.0 Å². The first-order valence-electron chi connectivity index (χ1n) is 23.1. The summed E-state index contributed by atoms with van der Waals surface area (Å²) >= 11 is 1.86. The molecule has 1 aliphatic carbocycles. The molecular formula is C64H41N3S. The van der Waals surface area contributed by atoms with Crippen LogP contribution in [0.2, 0.25) is 0 Å². The maximum Gasteiger partial charge on any atom is 0.164 e. The molecule has 2 heterocycles. The molecule has 1 aliphatic rings. The summed E-state index contributed by atoms with van der Waals surface area (Å²) in [5.41, 5.74) is 16.3. The van der Waals surface area contributed by atoms with Crippen LogP contribution in [-0.4, -0.2) is 15.0 Å². The minimum Gasteiger partial charge on any atom is -0.208 e. The largest absolute Gasteiger partial charge is 0.208 e. The van der Waals surface area contributed by atoms with Crippen LogP contribution in [-0.2, 0) is 5.41 Å². The minimum atomic E-state index is -0.558. The van der Waals surface area contributed by atoms with Crippen molar-refractivity contribution in [3.8, 4) is 78.7 Å². The highest BCUT2D eigenvalue weighted by Crippen LogP contribution is 2.58. The van der Waals surface area contributed by atoms with E-state index in [9.17, 15) is 0 Å². The monoisotopic (exact) mass is 883 g/mol. The van der Waals surface area contributed by atoms with Gasteiger partial charge in [-0.15, -0.1) is 11.3 Å². The molecule has 3 nitrogen and oxygen atoms in total. The first-order chi connectivity index (χ1) is 33.7. The fourth-order valence-electron chi connectivity index (χ4n) is 10.6. The van der Waals surface area contributed by atoms with E-state index in [1.807, 2.05) is 11.3 Å². The number of benzene rings is 10. The molecule has 0 bridgehead atoms. The number of hydrogen-bond donors (Lipinski definition) is 0. The second kappa shape index (κ2) is 16.4. The Hall–Kier alpha value is -8.57. The number of hydrogen-bond acceptors (Lipinski definition) is 4. The van der Waals surface area contributed by atoms with Gasteiger partial charge in [-0.1, -0.05) is 237 Å². The molecule has 0 saturated heterocycles. The van der Waals surface area contributed by atoms with Crippen molar-refractivity contribution in [2.24, 2.45) is 0 Å². The summed E-state index contributed by atoms with van der Waals surface area (Å²) in [6.45, 7) is 0. The van der Waals surface area contributed by atoms with Gasteiger partial charge in [0.25, 0.3) is 0 Å². The summed E-state index contributed by atoms with van der Waals surface area (Å²) in [5, 5.41) is 2.61. The van der Waals surface area contributed by atoms with Gasteiger partial charge in [-0.05, 0) is 78.9 Å². The Bertz CT molecular complexity index is 3800. The van der Waals surface area contributed by atoms with Crippen LogP contribution >= 0.6 is 11.3 Å². The normalized spacial score (nSPS) is 12.5. The molecule has 2 aromatic heterocycles. The van der Waals surface area contributed by atoms with Gasteiger partial charge < -0.3 is 0 Å². The average Bonchev–Trinajstić information content (AvgIpc) is 3.96. The van der Waals surface area contributed by atoms with E-state index in [0.717, 1.165) is 44.5 Å². The van der Waals surface area contributed by atoms with Gasteiger partial charge in [0.15, 0.2) is 17.5 Å². The van der Waals surface area contributed by atoms with Gasteiger partial charge in [0, 0.05) is 36.9 Å². The zero-order valence-electron chi connectivity index (χ0n) is 36.9. The lowest BCUT2D eigenvalue weighted by atomic mass is 9.67. The molecule has 0 unspecified atom stereocenters. The third kappa shape index (κ3) is 6.45. The molecule has 0 fully saturated rings. The van der Waals surface area contributed by atoms with Crippen LogP contribution in [0.1, 0.15) is 22.3 Å². The van der Waals surface area contributed by atoms with Gasteiger partial charge in [-0.2, -0.15) is 0 Å². The molecule has 0 aliphatic heterocycles. The fraction of sp³-hybridized carbons (Fsp3) is 0.0156. The van der Waals surface area contributed by atoms with Gasteiger partial charge in [-0.3, -0.25) is 0 Å². The number of fused-ring (bicyclic) bond motifs is 6. The molecule has 0 radical (unpaired) electrons. The van der Waals surface area contributed by atoms with Crippen LogP contribution in [0.15, 0.2) is 249 Å². The van der Waals surface area contributed by atoms with Crippen molar-refractivity contribution in [1.29, 1.82) is 0 Å². The van der Waals surface area contributed by atoms with Crippen molar-refractivity contribution in [3.63, 3.8) is 0 Å². The predicted molar refractivity (Wildman–Crippen MR) is 283 cm³/mol. The van der Waals surface area contributed by atoms with Crippen molar-refractivity contribution in [2.75, 3.05) is 0 Å². The van der Waals surface area contributed by atoms with E-state index in [1.54, 1.807) is 0 Å². The number of aromatic nitrogens is 3. The summed E-state index contributed by atoms with van der Waals surface area (Å²) in [6, 6.07) is 89.2. The topological polar surface area (TPSA) is 38.7 Å². The highest BCUT2D eigenvalue weighted by atomic mass is 32.1. The van der Waals surface area contributed by atoms with Crippen molar-refractivity contribution in [2.45, 2.75) is 5.41 Å². The molecule has 0 spiro atoms. The van der Waals surface area contributed by atoms with E-state index in [4.69, 9.17) is 15.0 Å². The first-order valence-corrected chi connectivity index (χ1v) is 23.9. The third-order valence-electron chi connectivity index (χ3n) is 13.7. The Morgan fingerprint density at radius 1 is 0.294 bits per heavy atom. The second-order valence-corrected chi connectivity index (χ2v) is 18.5. The quantitative estimate of drug-likeness (QED) is 0.153. The Morgan fingerprint density at radius 3 is 1.54 bits per heavy atom. The summed E-state index contributed by atoms with van der Waals surface area (Å²) < 4.78 is 2.63. The van der Waals surface area contributed by atoms with Crippen LogP contribution in [0.4, 0.5) is 0 Å². The lowest BCUT2D eigenvalue weighted by molar-refractivity contribution is 0.768. The van der Waals surface area contributed by atoms with Gasteiger partial charge in [-0.25, -0.2) is 15.0 Å². The minimum absolute atomic E-state index is 0.558. The standard InChI is InChI=1S/C64H41N3S/c1-4-19-43(20-5-1)49-27-10-11-29-53(49)62-65-61(46-22-16-21-45(41-46)42-37-39-44(40-38-42)50-31-17-32-52-51-28-13-15-36-58(51)68-60(50)52)66-63(67-62)55-33-18-35-57-59(55)54-30-12-14-34-56(54)64(57,47-23-6-2-7-24-47)48-25-8-3-9-26-48/h1-41H. The first kappa shape index (κ1) is 39.8. The lowest BCUT2D eigenvalue weighted by Gasteiger charge is -2.33. The molecule has 0 amide bonds. The maximum absolute atomic E-state index is 5.46. The van der Waals surface area contributed by atoms with E-state index in [2.05, 4.69) is 249 Å². The van der Waals surface area contributed by atoms with Gasteiger partial charge in [0.05, 0.1) is 5.41 Å². The van der Waals surface area contributed by atoms with E-state index in [0.29, 0.717) is 17.5 Å². The zero-order valence-corrected chi connectivity index (χ0v) is 37.7. The predicted octanol–water partition coefficient (Wildman–Crippen LogP) is 16.6. The number of nitrogens with zero attached hydrogens (tertiary/aromatic N) is 3. The fourth-order valence-corrected chi connectivity index (χ4v) is 11.9. The Morgan fingerprint density at radius 2 is 0.779 bits per heavy atom. The number of rotatable bonds is 8. The molecule has 68 heavy (non-hydrogen) atoms. The molecule has 12 aromatic rings. The molecule has 318 valence electrons. The molecule has 0 atom stereocenters. The third-order valence-corrected chi connectivity index (χ3v) is 14.9. The summed E-state index contributed by atoms with van der Waals surface area (Å²) in [5.74, 6) is 1.86. The Kier molecular flexibility index (Phi) is 9.59. The second-order valence-electron chi connectivity index (χ2n) is 17.4. The van der Waals surface area contributed by atoms with Crippen LogP contribution in [0.5, 0.6) is 0 Å². The highest BCUT2D eigenvalue weighted by molar-refractivity contribution is 7.26. The van der Waals surface area contributed by atoms with Crippen LogP contribution in [0.3, 0.4) is 0 Å². The maximum atomic E-state index is 5.46. The lowest BCUT2D eigenvalue weighted by Crippen LogP contribution is -2.28. The Balaban J connectivity index is 0.984. The molecule has 10 aromatic carbocycles. The van der Waals surface area contributed by atoms with Crippen molar-refractivity contribution in [3.05, 3.63) is 271 Å². The summed E-state index contributed by atoms with van der Waals surface area (Å²) in [4.78, 5) is 16.3. The Labute approximate surface area is 399 Å². The molecular weight excluding hydrogens is 843 g/mol. The highest BCUT2D eigenvalue weighted by Gasteiger charge is 2.47. The zero-order chi connectivity index (χ0) is 45.0. The van der Waals surface area contributed by atoms with Crippen LogP contribution in [0.25, 0.3) is 98.8 Å². The smallest absolute Gasteiger partial charge is 0.164 e. The molecule has 13 rings (SSSR count). The van der Waals surface area contributed by atoms with Gasteiger partial charge in [0.2, 0.25) is 0 Å². The molecule has 0 saturated carbocycles. The molecule has 4 heteroatoms.